The lowest BCUT2D eigenvalue weighted by molar-refractivity contribution is -0.128. The first-order chi connectivity index (χ1) is 12.7. The number of unbranched alkanes of at least 4 members (excludes halogenated alkanes) is 6. The molecule has 0 heterocycles. The van der Waals surface area contributed by atoms with Gasteiger partial charge in [0.25, 0.3) is 6.47 Å². The molecule has 4 heteroatoms. The molecule has 148 valence electrons. The van der Waals surface area contributed by atoms with Crippen molar-refractivity contribution in [3.8, 4) is 5.75 Å². The van der Waals surface area contributed by atoms with Gasteiger partial charge < -0.3 is 14.4 Å². The van der Waals surface area contributed by atoms with Crippen LogP contribution in [0.1, 0.15) is 63.0 Å². The lowest BCUT2D eigenvalue weighted by atomic mass is 10.0. The zero-order valence-electron chi connectivity index (χ0n) is 17.0. The molecule has 0 amide bonds. The highest BCUT2D eigenvalue weighted by Gasteiger charge is 2.06. The zero-order chi connectivity index (χ0) is 19.0. The van der Waals surface area contributed by atoms with Crippen molar-refractivity contribution >= 4 is 6.47 Å². The minimum Gasteiger partial charge on any atom is -0.497 e. The van der Waals surface area contributed by atoms with Gasteiger partial charge >= 0.3 is 0 Å². The Labute approximate surface area is 159 Å². The van der Waals surface area contributed by atoms with Crippen LogP contribution in [0.15, 0.2) is 18.2 Å². The second kappa shape index (κ2) is 14.6. The fourth-order valence-corrected chi connectivity index (χ4v) is 3.20. The summed E-state index contributed by atoms with van der Waals surface area (Å²) in [6.45, 7) is 8.94. The van der Waals surface area contributed by atoms with E-state index in [1.54, 1.807) is 7.11 Å². The van der Waals surface area contributed by atoms with Gasteiger partial charge in [-0.1, -0.05) is 45.1 Å². The summed E-state index contributed by atoms with van der Waals surface area (Å²) >= 11 is 0. The van der Waals surface area contributed by atoms with E-state index in [9.17, 15) is 4.79 Å². The number of likely N-dealkylation sites (N-methyl/N-ethyl adjacent to an activating group) is 1. The van der Waals surface area contributed by atoms with Gasteiger partial charge in [0.1, 0.15) is 5.75 Å². The maximum absolute atomic E-state index is 10.0. The normalized spacial score (nSPS) is 10.9. The van der Waals surface area contributed by atoms with Crippen molar-refractivity contribution in [2.75, 3.05) is 33.4 Å². The largest absolute Gasteiger partial charge is 0.497 e. The molecule has 1 aromatic rings. The molecule has 0 aliphatic rings. The van der Waals surface area contributed by atoms with Gasteiger partial charge in [-0.2, -0.15) is 0 Å². The number of hydrogen-bond acceptors (Lipinski definition) is 4. The van der Waals surface area contributed by atoms with Crippen LogP contribution >= 0.6 is 0 Å². The van der Waals surface area contributed by atoms with Crippen molar-refractivity contribution in [3.63, 3.8) is 0 Å². The van der Waals surface area contributed by atoms with Crippen LogP contribution in [-0.2, 0) is 16.0 Å². The number of benzene rings is 1. The number of aryl methyl sites for hydroxylation is 1. The Balaban J connectivity index is 2.12. The van der Waals surface area contributed by atoms with E-state index in [1.165, 1.54) is 49.8 Å². The molecule has 0 saturated carbocycles. The number of ether oxygens (including phenoxy) is 2. The van der Waals surface area contributed by atoms with Gasteiger partial charge in [-0.05, 0) is 62.5 Å². The van der Waals surface area contributed by atoms with Crippen molar-refractivity contribution in [2.24, 2.45) is 0 Å². The van der Waals surface area contributed by atoms with Crippen LogP contribution in [0.4, 0.5) is 0 Å². The van der Waals surface area contributed by atoms with Gasteiger partial charge in [-0.3, -0.25) is 4.79 Å². The summed E-state index contributed by atoms with van der Waals surface area (Å²) in [7, 11) is 1.73. The molecule has 0 aliphatic carbocycles. The standard InChI is InChI=1S/C22H37NO3/c1-4-23(15-10-8-6-5-7-9-11-17-26-19-24)16-14-21-18-22(25-3)13-12-20(21)2/h12-13,18-19H,4-11,14-17H2,1-3H3. The van der Waals surface area contributed by atoms with Gasteiger partial charge in [0, 0.05) is 6.54 Å². The van der Waals surface area contributed by atoms with Gasteiger partial charge in [-0.15, -0.1) is 0 Å². The van der Waals surface area contributed by atoms with Gasteiger partial charge in [0.15, 0.2) is 0 Å². The molecule has 0 N–H and O–H groups in total. The second-order valence-corrected chi connectivity index (χ2v) is 6.92. The predicted octanol–water partition coefficient (Wildman–Crippen LogP) is 4.77. The summed E-state index contributed by atoms with van der Waals surface area (Å²) in [4.78, 5) is 12.6. The number of rotatable bonds is 16. The molecule has 1 aromatic carbocycles. The molecule has 26 heavy (non-hydrogen) atoms. The van der Waals surface area contributed by atoms with Crippen LogP contribution in [0.5, 0.6) is 5.75 Å². The second-order valence-electron chi connectivity index (χ2n) is 6.92. The van der Waals surface area contributed by atoms with Crippen LogP contribution in [-0.4, -0.2) is 44.7 Å². The number of nitrogens with zero attached hydrogens (tertiary/aromatic N) is 1. The number of methoxy groups -OCH3 is 1. The molecule has 0 unspecified atom stereocenters. The first kappa shape index (κ1) is 22.5. The van der Waals surface area contributed by atoms with Crippen LogP contribution in [0, 0.1) is 6.92 Å². The van der Waals surface area contributed by atoms with Crippen LogP contribution < -0.4 is 4.74 Å². The Morgan fingerprint density at radius 2 is 1.69 bits per heavy atom. The van der Waals surface area contributed by atoms with Crippen LogP contribution in [0.3, 0.4) is 0 Å². The zero-order valence-corrected chi connectivity index (χ0v) is 17.0. The van der Waals surface area contributed by atoms with Gasteiger partial charge in [0.05, 0.1) is 13.7 Å². The summed E-state index contributed by atoms with van der Waals surface area (Å²) in [5, 5.41) is 0. The third-order valence-electron chi connectivity index (χ3n) is 5.01. The van der Waals surface area contributed by atoms with E-state index in [-0.39, 0.29) is 0 Å². The predicted molar refractivity (Wildman–Crippen MR) is 108 cm³/mol. The third kappa shape index (κ3) is 9.81. The van der Waals surface area contributed by atoms with Crippen molar-refractivity contribution in [1.82, 2.24) is 4.90 Å². The highest BCUT2D eigenvalue weighted by Crippen LogP contribution is 2.18. The van der Waals surface area contributed by atoms with Gasteiger partial charge in [0.2, 0.25) is 0 Å². The Kier molecular flexibility index (Phi) is 12.6. The highest BCUT2D eigenvalue weighted by molar-refractivity contribution is 5.36. The molecule has 0 saturated heterocycles. The van der Waals surface area contributed by atoms with Crippen molar-refractivity contribution in [2.45, 2.75) is 65.2 Å². The molecule has 0 fully saturated rings. The molecule has 0 aromatic heterocycles. The Hall–Kier alpha value is -1.55. The number of hydrogen-bond donors (Lipinski definition) is 0. The maximum atomic E-state index is 10.0. The van der Waals surface area contributed by atoms with E-state index in [1.807, 2.05) is 6.07 Å². The summed E-state index contributed by atoms with van der Waals surface area (Å²) in [5.74, 6) is 0.950. The SMILES string of the molecule is CCN(CCCCCCCCCOC=O)CCc1cc(OC)ccc1C. The summed E-state index contributed by atoms with van der Waals surface area (Å²) in [6.07, 6.45) is 9.66. The van der Waals surface area contributed by atoms with E-state index in [4.69, 9.17) is 9.47 Å². The highest BCUT2D eigenvalue weighted by atomic mass is 16.5. The van der Waals surface area contributed by atoms with Crippen molar-refractivity contribution in [1.29, 1.82) is 0 Å². The van der Waals surface area contributed by atoms with E-state index in [2.05, 4.69) is 30.9 Å². The molecule has 1 rings (SSSR count). The van der Waals surface area contributed by atoms with E-state index >= 15 is 0 Å². The quantitative estimate of drug-likeness (QED) is 0.313. The minimum absolute atomic E-state index is 0.537. The summed E-state index contributed by atoms with van der Waals surface area (Å²) in [6, 6.07) is 6.35. The topological polar surface area (TPSA) is 38.8 Å². The third-order valence-corrected chi connectivity index (χ3v) is 5.01. The molecule has 4 nitrogen and oxygen atoms in total. The summed E-state index contributed by atoms with van der Waals surface area (Å²) in [5.41, 5.74) is 2.74. The Morgan fingerprint density at radius 1 is 1.00 bits per heavy atom. The average Bonchev–Trinajstić information content (AvgIpc) is 2.66. The van der Waals surface area contributed by atoms with Crippen molar-refractivity contribution in [3.05, 3.63) is 29.3 Å². The first-order valence-electron chi connectivity index (χ1n) is 10.1. The van der Waals surface area contributed by atoms with Gasteiger partial charge in [-0.25, -0.2) is 0 Å². The lowest BCUT2D eigenvalue weighted by Crippen LogP contribution is -2.27. The smallest absolute Gasteiger partial charge is 0.293 e. The monoisotopic (exact) mass is 363 g/mol. The van der Waals surface area contributed by atoms with Crippen LogP contribution in [0.25, 0.3) is 0 Å². The molecule has 0 aliphatic heterocycles. The molecule has 0 atom stereocenters. The van der Waals surface area contributed by atoms with E-state index < -0.39 is 0 Å². The lowest BCUT2D eigenvalue weighted by Gasteiger charge is -2.21. The molecular formula is C22H37NO3. The fourth-order valence-electron chi connectivity index (χ4n) is 3.20. The number of carbonyl (C=O) groups is 1. The first-order valence-corrected chi connectivity index (χ1v) is 10.1. The number of carbonyl (C=O) groups excluding carboxylic acids is 1. The maximum Gasteiger partial charge on any atom is 0.293 e. The van der Waals surface area contributed by atoms with Crippen molar-refractivity contribution < 1.29 is 14.3 Å². The average molecular weight is 364 g/mol. The molecule has 0 spiro atoms. The van der Waals surface area contributed by atoms with E-state index in [0.717, 1.165) is 38.1 Å². The molecule has 0 bridgehead atoms. The fraction of sp³-hybridized carbons (Fsp3) is 0.682. The molecular weight excluding hydrogens is 326 g/mol. The minimum atomic E-state index is 0.537. The van der Waals surface area contributed by atoms with Crippen LogP contribution in [0.2, 0.25) is 0 Å². The Morgan fingerprint density at radius 3 is 2.35 bits per heavy atom. The van der Waals surface area contributed by atoms with E-state index in [0.29, 0.717) is 13.1 Å². The Bertz CT molecular complexity index is 490. The molecule has 0 radical (unpaired) electrons. The summed E-state index contributed by atoms with van der Waals surface area (Å²) < 4.78 is 10.0.